The van der Waals surface area contributed by atoms with Crippen LogP contribution < -0.4 is 16.0 Å². The molecule has 0 atom stereocenters. The first-order chi connectivity index (χ1) is 18.1. The summed E-state index contributed by atoms with van der Waals surface area (Å²) in [6.45, 7) is 8.78. The zero-order chi connectivity index (χ0) is 27.3. The number of carbonyl (C=O) groups is 2. The summed E-state index contributed by atoms with van der Waals surface area (Å²) in [6, 6.07) is 7.26. The predicted molar refractivity (Wildman–Crippen MR) is 147 cm³/mol. The van der Waals surface area contributed by atoms with Crippen molar-refractivity contribution in [2.24, 2.45) is 9.98 Å². The van der Waals surface area contributed by atoms with Crippen LogP contribution in [0.2, 0.25) is 0 Å². The van der Waals surface area contributed by atoms with Crippen molar-refractivity contribution in [3.05, 3.63) is 65.6 Å². The van der Waals surface area contributed by atoms with E-state index in [9.17, 15) is 9.59 Å². The van der Waals surface area contributed by atoms with Crippen molar-refractivity contribution in [3.63, 3.8) is 0 Å². The maximum Gasteiger partial charge on any atom is 0.407 e. The van der Waals surface area contributed by atoms with Crippen LogP contribution in [0.1, 0.15) is 56.6 Å². The average Bonchev–Trinajstić information content (AvgIpc) is 3.48. The molecule has 10 nitrogen and oxygen atoms in total. The maximum absolute atomic E-state index is 13.3. The molecule has 0 unspecified atom stereocenters. The van der Waals surface area contributed by atoms with Crippen LogP contribution in [0.4, 0.5) is 10.6 Å². The number of aromatic amines is 1. The molecule has 2 amide bonds. The highest BCUT2D eigenvalue weighted by Gasteiger charge is 2.24. The fourth-order valence-corrected chi connectivity index (χ4v) is 3.93. The van der Waals surface area contributed by atoms with Crippen LogP contribution in [0.3, 0.4) is 0 Å². The minimum atomic E-state index is -0.576. The number of nitrogens with zero attached hydrogens (tertiary/aromatic N) is 4. The number of hydrogen-bond donors (Lipinski definition) is 2. The van der Waals surface area contributed by atoms with Gasteiger partial charge >= 0.3 is 6.09 Å². The van der Waals surface area contributed by atoms with Crippen molar-refractivity contribution in [1.82, 2.24) is 15.2 Å². The fraction of sp³-hybridized carbons (Fsp3) is 0.357. The molecule has 2 aromatic rings. The first kappa shape index (κ1) is 26.7. The molecule has 4 N–H and O–H groups in total. The Balaban J connectivity index is 1.45. The molecule has 38 heavy (non-hydrogen) atoms. The molecular weight excluding hydrogens is 482 g/mol. The molecule has 198 valence electrons. The van der Waals surface area contributed by atoms with Gasteiger partial charge in [0.15, 0.2) is 11.5 Å². The zero-order valence-electron chi connectivity index (χ0n) is 22.2. The van der Waals surface area contributed by atoms with Gasteiger partial charge in [0.1, 0.15) is 17.5 Å². The Hall–Kier alpha value is -4.34. The van der Waals surface area contributed by atoms with Gasteiger partial charge in [-0.05, 0) is 51.5 Å². The van der Waals surface area contributed by atoms with E-state index in [0.717, 1.165) is 29.8 Å². The summed E-state index contributed by atoms with van der Waals surface area (Å²) in [5, 5.41) is 2.73. The van der Waals surface area contributed by atoms with E-state index >= 15 is 0 Å². The molecule has 1 aromatic heterocycles. The van der Waals surface area contributed by atoms with Crippen LogP contribution >= 0.6 is 0 Å². The number of H-pyrrole nitrogens is 1. The Bertz CT molecular complexity index is 1340. The number of amidine groups is 1. The number of nitrogens with one attached hydrogen (secondary N) is 2. The van der Waals surface area contributed by atoms with E-state index in [1.807, 2.05) is 51.1 Å². The van der Waals surface area contributed by atoms with Gasteiger partial charge in [0.25, 0.3) is 11.7 Å². The monoisotopic (exact) mass is 516 g/mol. The number of nitrogens with two attached hydrogens (primary N) is 1. The van der Waals surface area contributed by atoms with Crippen LogP contribution in [0.15, 0.2) is 64.4 Å². The number of aliphatic imine (C=N–C) groups is 2. The Morgan fingerprint density at radius 2 is 1.89 bits per heavy atom. The molecule has 1 aliphatic carbocycles. The van der Waals surface area contributed by atoms with Crippen molar-refractivity contribution in [3.8, 4) is 11.3 Å². The zero-order valence-corrected chi connectivity index (χ0v) is 22.2. The van der Waals surface area contributed by atoms with Crippen LogP contribution in [-0.2, 0) is 4.74 Å². The minimum Gasteiger partial charge on any atom is -0.444 e. The van der Waals surface area contributed by atoms with E-state index in [1.165, 1.54) is 0 Å². The second kappa shape index (κ2) is 11.4. The van der Waals surface area contributed by atoms with Gasteiger partial charge in [0, 0.05) is 30.8 Å². The van der Waals surface area contributed by atoms with Gasteiger partial charge in [0.2, 0.25) is 0 Å². The molecule has 2 aliphatic rings. The van der Waals surface area contributed by atoms with E-state index in [4.69, 9.17) is 15.5 Å². The lowest BCUT2D eigenvalue weighted by atomic mass is 10.1. The first-order valence-corrected chi connectivity index (χ1v) is 12.8. The third kappa shape index (κ3) is 6.50. The van der Waals surface area contributed by atoms with Crippen LogP contribution in [0.5, 0.6) is 0 Å². The lowest BCUT2D eigenvalue weighted by Crippen LogP contribution is -2.40. The summed E-state index contributed by atoms with van der Waals surface area (Å²) >= 11 is 0. The number of nitrogen functional groups attached to an aromatic ring is 1. The van der Waals surface area contributed by atoms with Crippen molar-refractivity contribution in [2.45, 2.75) is 46.1 Å². The summed E-state index contributed by atoms with van der Waals surface area (Å²) in [6.07, 6.45) is 8.72. The van der Waals surface area contributed by atoms with Crippen molar-refractivity contribution >= 4 is 29.4 Å². The Kier molecular flexibility index (Phi) is 7.99. The number of fused-ring (bicyclic) bond motifs is 1. The number of amides is 2. The normalized spacial score (nSPS) is 13.9. The molecule has 0 spiro atoms. The maximum atomic E-state index is 13.3. The van der Waals surface area contributed by atoms with Crippen LogP contribution in [-0.4, -0.2) is 58.7 Å². The smallest absolute Gasteiger partial charge is 0.407 e. The molecule has 10 heteroatoms. The number of unbranched alkanes of at least 4 members (excludes halogenated alkanes) is 1. The Labute approximate surface area is 222 Å². The number of ether oxygens (including phenoxy) is 1. The van der Waals surface area contributed by atoms with E-state index < -0.39 is 11.7 Å². The standard InChI is InChI=1S/C28H33N7O3/c1-5-6-15-35(16-14-30-27(37)38-28(2,3)4)26(36)19-12-10-18(11-13-19)22-17-31-24(29)23(32-22)25-33-20-8-7-9-21(20)34-25/h7-13,17H,5-6,14-16H2,1-4H3,(H2,29,31)(H,30,37)/p+1. The van der Waals surface area contributed by atoms with E-state index in [0.29, 0.717) is 48.2 Å². The largest absolute Gasteiger partial charge is 0.444 e. The number of alkyl carbamates (subject to hydrolysis) is 1. The second-order valence-corrected chi connectivity index (χ2v) is 10.0. The van der Waals surface area contributed by atoms with Gasteiger partial charge in [-0.3, -0.25) is 10.5 Å². The highest BCUT2D eigenvalue weighted by atomic mass is 16.6. The fourth-order valence-electron chi connectivity index (χ4n) is 3.93. The van der Waals surface area contributed by atoms with Gasteiger partial charge < -0.3 is 15.0 Å². The van der Waals surface area contributed by atoms with Crippen molar-refractivity contribution in [1.29, 1.82) is 0 Å². The summed E-state index contributed by atoms with van der Waals surface area (Å²) in [5.74, 6) is 0.738. The summed E-state index contributed by atoms with van der Waals surface area (Å²) < 4.78 is 5.28. The van der Waals surface area contributed by atoms with E-state index in [1.54, 1.807) is 23.2 Å². The summed E-state index contributed by atoms with van der Waals surface area (Å²) in [7, 11) is 0. The van der Waals surface area contributed by atoms with Gasteiger partial charge in [-0.2, -0.15) is 0 Å². The van der Waals surface area contributed by atoms with Gasteiger partial charge in [-0.1, -0.05) is 31.6 Å². The quantitative estimate of drug-likeness (QED) is 0.525. The lowest BCUT2D eigenvalue weighted by molar-refractivity contribution is -0.360. The minimum absolute atomic E-state index is 0.0995. The molecule has 0 fully saturated rings. The highest BCUT2D eigenvalue weighted by molar-refractivity contribution is 6.23. The molecular formula is C28H34N7O3+. The Morgan fingerprint density at radius 1 is 1.13 bits per heavy atom. The Morgan fingerprint density at radius 3 is 2.58 bits per heavy atom. The van der Waals surface area contributed by atoms with E-state index in [-0.39, 0.29) is 5.91 Å². The molecule has 4 rings (SSSR count). The number of aromatic nitrogens is 2. The second-order valence-electron chi connectivity index (χ2n) is 10.0. The van der Waals surface area contributed by atoms with Crippen molar-refractivity contribution in [2.75, 3.05) is 25.4 Å². The molecule has 1 aromatic carbocycles. The van der Waals surface area contributed by atoms with Gasteiger partial charge in [-0.15, -0.1) is 0 Å². The third-order valence-corrected chi connectivity index (χ3v) is 5.83. The van der Waals surface area contributed by atoms with Crippen LogP contribution in [0.25, 0.3) is 11.3 Å². The number of carbonyl (C=O) groups excluding carboxylic acids is 2. The van der Waals surface area contributed by atoms with Gasteiger partial charge in [-0.25, -0.2) is 24.7 Å². The number of allylic oxidation sites excluding steroid dienone is 3. The summed E-state index contributed by atoms with van der Waals surface area (Å²) in [4.78, 5) is 43.8. The number of anilines is 1. The van der Waals surface area contributed by atoms with Crippen molar-refractivity contribution < 1.29 is 19.3 Å². The van der Waals surface area contributed by atoms with E-state index in [2.05, 4.69) is 27.2 Å². The number of rotatable bonds is 9. The summed E-state index contributed by atoms with van der Waals surface area (Å²) in [5.41, 5.74) is 9.65. The topological polar surface area (TPSA) is 136 Å². The number of hydrogen-bond acceptors (Lipinski definition) is 7. The van der Waals surface area contributed by atoms with Crippen LogP contribution in [0, 0.1) is 0 Å². The first-order valence-electron chi connectivity index (χ1n) is 12.8. The third-order valence-electron chi connectivity index (χ3n) is 5.83. The molecule has 0 saturated heterocycles. The molecule has 0 saturated carbocycles. The van der Waals surface area contributed by atoms with Gasteiger partial charge in [0.05, 0.1) is 11.4 Å². The molecule has 0 bridgehead atoms. The highest BCUT2D eigenvalue weighted by Crippen LogP contribution is 2.23. The lowest BCUT2D eigenvalue weighted by Gasteiger charge is -2.24. The average molecular weight is 517 g/mol. The SMILES string of the molecule is CCCCN(CCNC(=O)OC(C)(C)C)C(=O)c1ccc(-c2c[nH+]c(N)c(C3=NC4=CC=CC4=N3)n2)cc1. The predicted octanol–water partition coefficient (Wildman–Crippen LogP) is 3.57. The molecule has 0 radical (unpaired) electrons. The molecule has 2 heterocycles. The number of benzene rings is 1. The molecule has 1 aliphatic heterocycles.